The van der Waals surface area contributed by atoms with E-state index in [4.69, 9.17) is 0 Å². The SMILES string of the molecule is CC1=C(C)N(C(C)C)C(C2N(c3c(C)cc(C)cc3C)C=CN2c2c(C)cc(C)cc2C)N1C(C)C. The van der Waals surface area contributed by atoms with Gasteiger partial charge in [-0.2, -0.15) is 0 Å². The molecule has 0 bridgehead atoms. The quantitative estimate of drug-likeness (QED) is 0.430. The molecule has 0 fully saturated rings. The van der Waals surface area contributed by atoms with E-state index in [0.717, 1.165) is 0 Å². The number of aryl methyl sites for hydroxylation is 6. The van der Waals surface area contributed by atoms with E-state index >= 15 is 0 Å². The summed E-state index contributed by atoms with van der Waals surface area (Å²) in [6.07, 6.45) is 4.88. The third kappa shape index (κ3) is 4.19. The first kappa shape index (κ1) is 26.2. The van der Waals surface area contributed by atoms with Gasteiger partial charge in [-0.05, 0) is 105 Å². The van der Waals surface area contributed by atoms with Crippen LogP contribution in [-0.2, 0) is 0 Å². The summed E-state index contributed by atoms with van der Waals surface area (Å²) >= 11 is 0. The summed E-state index contributed by atoms with van der Waals surface area (Å²) in [5.41, 5.74) is 13.3. The summed E-state index contributed by atoms with van der Waals surface area (Å²) in [6.45, 7) is 27.3. The predicted octanol–water partition coefficient (Wildman–Crippen LogP) is 7.67. The van der Waals surface area contributed by atoms with Crippen molar-refractivity contribution in [2.45, 2.75) is 108 Å². The van der Waals surface area contributed by atoms with Crippen molar-refractivity contribution in [2.24, 2.45) is 0 Å². The second-order valence-electron chi connectivity index (χ2n) is 11.6. The van der Waals surface area contributed by atoms with Crippen LogP contribution in [-0.4, -0.2) is 34.2 Å². The molecule has 0 aliphatic carbocycles. The molecule has 0 atom stereocenters. The molecule has 0 aromatic heterocycles. The summed E-state index contributed by atoms with van der Waals surface area (Å²) in [5.74, 6) is 0. The van der Waals surface area contributed by atoms with Gasteiger partial charge in [-0.3, -0.25) is 0 Å². The maximum Gasteiger partial charge on any atom is 0.149 e. The number of anilines is 2. The van der Waals surface area contributed by atoms with Gasteiger partial charge >= 0.3 is 0 Å². The molecule has 2 heterocycles. The van der Waals surface area contributed by atoms with E-state index < -0.39 is 0 Å². The van der Waals surface area contributed by atoms with Crippen molar-refractivity contribution < 1.29 is 0 Å². The molecule has 0 amide bonds. The van der Waals surface area contributed by atoms with Crippen molar-refractivity contribution in [3.8, 4) is 0 Å². The Morgan fingerprint density at radius 1 is 0.500 bits per heavy atom. The van der Waals surface area contributed by atoms with E-state index in [1.54, 1.807) is 0 Å². The van der Waals surface area contributed by atoms with E-state index in [9.17, 15) is 0 Å². The van der Waals surface area contributed by atoms with Crippen LogP contribution in [0.5, 0.6) is 0 Å². The second kappa shape index (κ2) is 9.53. The number of hydrogen-bond donors (Lipinski definition) is 0. The molecular formula is C32H46N4. The molecule has 36 heavy (non-hydrogen) atoms. The molecule has 2 aromatic carbocycles. The fraction of sp³-hybridized carbons (Fsp3) is 0.500. The molecule has 2 aliphatic rings. The van der Waals surface area contributed by atoms with Crippen LogP contribution >= 0.6 is 0 Å². The summed E-state index contributed by atoms with van der Waals surface area (Å²) in [5, 5.41) is 0. The minimum absolute atomic E-state index is 0.0856. The molecule has 0 spiro atoms. The highest BCUT2D eigenvalue weighted by Crippen LogP contribution is 2.44. The molecule has 0 unspecified atom stereocenters. The Morgan fingerprint density at radius 2 is 0.806 bits per heavy atom. The fourth-order valence-electron chi connectivity index (χ4n) is 6.89. The van der Waals surface area contributed by atoms with Gasteiger partial charge in [0.2, 0.25) is 0 Å². The highest BCUT2D eigenvalue weighted by Gasteiger charge is 2.48. The van der Waals surface area contributed by atoms with Gasteiger partial charge in [0.15, 0.2) is 0 Å². The third-order valence-electron chi connectivity index (χ3n) is 7.99. The zero-order valence-corrected chi connectivity index (χ0v) is 24.6. The highest BCUT2D eigenvalue weighted by molar-refractivity contribution is 5.71. The van der Waals surface area contributed by atoms with Gasteiger partial charge in [0.25, 0.3) is 0 Å². The molecule has 0 saturated carbocycles. The van der Waals surface area contributed by atoms with E-state index in [2.05, 4.69) is 139 Å². The van der Waals surface area contributed by atoms with Crippen LogP contribution < -0.4 is 9.80 Å². The average Bonchev–Trinajstić information content (AvgIpc) is 3.25. The lowest BCUT2D eigenvalue weighted by Crippen LogP contribution is -2.61. The van der Waals surface area contributed by atoms with Crippen LogP contribution in [0.2, 0.25) is 0 Å². The van der Waals surface area contributed by atoms with Crippen molar-refractivity contribution in [3.05, 3.63) is 81.4 Å². The number of hydrogen-bond acceptors (Lipinski definition) is 4. The molecule has 0 radical (unpaired) electrons. The number of nitrogens with zero attached hydrogens (tertiary/aromatic N) is 4. The molecule has 0 saturated heterocycles. The molecular weight excluding hydrogens is 440 g/mol. The second-order valence-corrected chi connectivity index (χ2v) is 11.6. The Hall–Kier alpha value is -2.88. The first-order chi connectivity index (χ1) is 16.8. The van der Waals surface area contributed by atoms with Gasteiger partial charge in [0.1, 0.15) is 12.3 Å². The first-order valence-corrected chi connectivity index (χ1v) is 13.5. The topological polar surface area (TPSA) is 13.0 Å². The van der Waals surface area contributed by atoms with Crippen LogP contribution in [0.4, 0.5) is 11.4 Å². The van der Waals surface area contributed by atoms with Gasteiger partial charge in [-0.15, -0.1) is 0 Å². The predicted molar refractivity (Wildman–Crippen MR) is 155 cm³/mol. The van der Waals surface area contributed by atoms with Gasteiger partial charge in [0.05, 0.1) is 0 Å². The first-order valence-electron chi connectivity index (χ1n) is 13.5. The number of rotatable bonds is 5. The summed E-state index contributed by atoms with van der Waals surface area (Å²) in [6, 6.07) is 10.1. The largest absolute Gasteiger partial charge is 0.348 e. The van der Waals surface area contributed by atoms with E-state index in [-0.39, 0.29) is 12.3 Å². The normalized spacial score (nSPS) is 17.3. The van der Waals surface area contributed by atoms with Gasteiger partial charge in [-0.1, -0.05) is 35.4 Å². The lowest BCUT2D eigenvalue weighted by atomic mass is 10.0. The van der Waals surface area contributed by atoms with E-state index in [1.165, 1.54) is 56.1 Å². The highest BCUT2D eigenvalue weighted by atomic mass is 15.5. The molecule has 0 N–H and O–H groups in total. The smallest absolute Gasteiger partial charge is 0.149 e. The number of benzene rings is 2. The van der Waals surface area contributed by atoms with Crippen LogP contribution in [0, 0.1) is 41.5 Å². The van der Waals surface area contributed by atoms with Gasteiger partial charge < -0.3 is 19.6 Å². The number of allylic oxidation sites excluding steroid dienone is 2. The maximum atomic E-state index is 2.64. The fourth-order valence-corrected chi connectivity index (χ4v) is 6.89. The zero-order chi connectivity index (χ0) is 26.6. The lowest BCUT2D eigenvalue weighted by Gasteiger charge is -2.48. The van der Waals surface area contributed by atoms with Crippen molar-refractivity contribution in [2.75, 3.05) is 9.80 Å². The van der Waals surface area contributed by atoms with Crippen molar-refractivity contribution in [3.63, 3.8) is 0 Å². The zero-order valence-electron chi connectivity index (χ0n) is 24.6. The van der Waals surface area contributed by atoms with Crippen molar-refractivity contribution in [1.82, 2.24) is 9.80 Å². The minimum atomic E-state index is 0.0856. The molecule has 4 rings (SSSR count). The molecule has 2 aliphatic heterocycles. The Balaban J connectivity index is 1.97. The Labute approximate surface area is 219 Å². The van der Waals surface area contributed by atoms with Crippen LogP contribution in [0.1, 0.15) is 74.9 Å². The van der Waals surface area contributed by atoms with Crippen LogP contribution in [0.15, 0.2) is 48.1 Å². The molecule has 4 nitrogen and oxygen atoms in total. The Morgan fingerprint density at radius 3 is 1.08 bits per heavy atom. The van der Waals surface area contributed by atoms with Gasteiger partial charge in [0, 0.05) is 47.3 Å². The Kier molecular flexibility index (Phi) is 6.94. The molecule has 4 heteroatoms. The monoisotopic (exact) mass is 486 g/mol. The maximum absolute atomic E-state index is 2.64. The standard InChI is InChI=1S/C32H46N4/c1-19(2)35-27(11)28(12)36(20(3)4)32(35)31-33(29-23(7)15-21(5)16-24(29)8)13-14-34(31)30-25(9)17-22(6)18-26(30)10/h13-20,31-32H,1-12H3. The molecule has 2 aromatic rings. The third-order valence-corrected chi connectivity index (χ3v) is 7.99. The summed E-state index contributed by atoms with van der Waals surface area (Å²) in [4.78, 5) is 10.4. The average molecular weight is 487 g/mol. The van der Waals surface area contributed by atoms with Crippen LogP contribution in [0.25, 0.3) is 0 Å². The van der Waals surface area contributed by atoms with E-state index in [1.807, 2.05) is 0 Å². The Bertz CT molecular complexity index is 1080. The van der Waals surface area contributed by atoms with Crippen LogP contribution in [0.3, 0.4) is 0 Å². The lowest BCUT2D eigenvalue weighted by molar-refractivity contribution is 0.0725. The van der Waals surface area contributed by atoms with E-state index in [0.29, 0.717) is 12.1 Å². The van der Waals surface area contributed by atoms with Crippen molar-refractivity contribution in [1.29, 1.82) is 0 Å². The minimum Gasteiger partial charge on any atom is -0.348 e. The van der Waals surface area contributed by atoms with Crippen molar-refractivity contribution >= 4 is 11.4 Å². The molecule has 194 valence electrons. The van der Waals surface area contributed by atoms with Gasteiger partial charge in [-0.25, -0.2) is 0 Å². The summed E-state index contributed by atoms with van der Waals surface area (Å²) in [7, 11) is 0. The summed E-state index contributed by atoms with van der Waals surface area (Å²) < 4.78 is 0.